The van der Waals surface area contributed by atoms with Crippen molar-refractivity contribution in [2.24, 2.45) is 5.10 Å². The van der Waals surface area contributed by atoms with Crippen LogP contribution in [0.5, 0.6) is 5.75 Å². The van der Waals surface area contributed by atoms with E-state index in [0.29, 0.717) is 0 Å². The second kappa shape index (κ2) is 13.5. The van der Waals surface area contributed by atoms with Gasteiger partial charge in [-0.15, -0.1) is 0 Å². The number of hydrazone groups is 1. The molecule has 6 nitrogen and oxygen atoms in total. The fourth-order valence-corrected chi connectivity index (χ4v) is 2.08. The van der Waals surface area contributed by atoms with Crippen LogP contribution in [-0.2, 0) is 4.84 Å². The molecule has 148 valence electrons. The van der Waals surface area contributed by atoms with E-state index in [1.54, 1.807) is 12.1 Å². The lowest BCUT2D eigenvalue weighted by Crippen LogP contribution is -2.28. The van der Waals surface area contributed by atoms with Gasteiger partial charge in [0, 0.05) is 30.5 Å². The topological polar surface area (TPSA) is 77.9 Å². The molecule has 0 aromatic heterocycles. The van der Waals surface area contributed by atoms with Gasteiger partial charge in [0.1, 0.15) is 11.9 Å². The number of anilines is 1. The van der Waals surface area contributed by atoms with E-state index in [-0.39, 0.29) is 11.9 Å². The van der Waals surface area contributed by atoms with Crippen LogP contribution < -0.4 is 16.2 Å². The first-order valence-electron chi connectivity index (χ1n) is 9.22. The highest BCUT2D eigenvalue weighted by Crippen LogP contribution is 2.15. The fourth-order valence-electron chi connectivity index (χ4n) is 2.08. The number of hydrogen-bond acceptors (Lipinski definition) is 6. The van der Waals surface area contributed by atoms with Gasteiger partial charge in [-0.3, -0.25) is 0 Å². The highest BCUT2D eigenvalue weighted by atomic mass is 16.7. The quantitative estimate of drug-likeness (QED) is 0.181. The van der Waals surface area contributed by atoms with E-state index in [0.717, 1.165) is 43.0 Å². The molecule has 1 aromatic rings. The lowest BCUT2D eigenvalue weighted by atomic mass is 10.2. The average Bonchev–Trinajstić information content (AvgIpc) is 2.64. The summed E-state index contributed by atoms with van der Waals surface area (Å²) in [5, 5.41) is 20.1. The first-order chi connectivity index (χ1) is 13.0. The van der Waals surface area contributed by atoms with Crippen molar-refractivity contribution >= 4 is 11.4 Å². The number of nitrogens with one attached hydrogen (secondary N) is 3. The Hall–Kier alpha value is -2.73. The second-order valence-corrected chi connectivity index (χ2v) is 6.13. The average molecular weight is 373 g/mol. The van der Waals surface area contributed by atoms with Crippen LogP contribution in [0.2, 0.25) is 0 Å². The molecule has 0 fully saturated rings. The molecule has 4 N–H and O–H groups in total. The number of nitrogens with zero attached hydrogens (tertiary/aromatic N) is 1. The van der Waals surface area contributed by atoms with E-state index in [9.17, 15) is 5.11 Å². The number of hydrogen-bond donors (Lipinski definition) is 4. The normalized spacial score (nSPS) is 13.1. The molecule has 1 aromatic carbocycles. The molecule has 27 heavy (non-hydrogen) atoms. The summed E-state index contributed by atoms with van der Waals surface area (Å²) in [4.78, 5) is 5.44. The van der Waals surface area contributed by atoms with E-state index >= 15 is 0 Å². The molecule has 0 saturated heterocycles. The summed E-state index contributed by atoms with van der Waals surface area (Å²) in [6.45, 7) is 11.4. The third-order valence-electron chi connectivity index (χ3n) is 3.71. The highest BCUT2D eigenvalue weighted by Gasteiger charge is 2.06. The molecule has 1 rings (SSSR count). The molecule has 1 unspecified atom stereocenters. The van der Waals surface area contributed by atoms with E-state index in [1.807, 2.05) is 57.2 Å². The molecule has 0 spiro atoms. The predicted octanol–water partition coefficient (Wildman–Crippen LogP) is 4.11. The van der Waals surface area contributed by atoms with Gasteiger partial charge in [0.05, 0.1) is 5.71 Å². The van der Waals surface area contributed by atoms with Crippen molar-refractivity contribution in [3.63, 3.8) is 0 Å². The summed E-state index contributed by atoms with van der Waals surface area (Å²) in [6, 6.07) is 7.13. The van der Waals surface area contributed by atoms with Gasteiger partial charge >= 0.3 is 0 Å². The molecule has 0 saturated carbocycles. The van der Waals surface area contributed by atoms with Crippen LogP contribution in [0.1, 0.15) is 33.6 Å². The van der Waals surface area contributed by atoms with Crippen molar-refractivity contribution < 1.29 is 9.94 Å². The van der Waals surface area contributed by atoms with Crippen LogP contribution in [0.15, 0.2) is 65.9 Å². The maximum absolute atomic E-state index is 9.42. The van der Waals surface area contributed by atoms with Gasteiger partial charge in [-0.1, -0.05) is 30.9 Å². The molecule has 0 heterocycles. The van der Waals surface area contributed by atoms with Crippen molar-refractivity contribution in [1.82, 2.24) is 10.9 Å². The van der Waals surface area contributed by atoms with E-state index in [2.05, 4.69) is 27.9 Å². The van der Waals surface area contributed by atoms with Crippen LogP contribution in [0.25, 0.3) is 0 Å². The Bertz CT molecular complexity index is 653. The van der Waals surface area contributed by atoms with Crippen molar-refractivity contribution in [2.45, 2.75) is 39.7 Å². The lowest BCUT2D eigenvalue weighted by molar-refractivity contribution is 0.00291. The van der Waals surface area contributed by atoms with Gasteiger partial charge < -0.3 is 15.7 Å². The number of phenolic OH excluding ortho intramolecular Hbond substituents is 1. The molecule has 6 heteroatoms. The minimum absolute atomic E-state index is 0.202. The second-order valence-electron chi connectivity index (χ2n) is 6.13. The molecule has 0 aliphatic heterocycles. The predicted molar refractivity (Wildman–Crippen MR) is 114 cm³/mol. The Kier molecular flexibility index (Phi) is 11.1. The number of allylic oxidation sites excluding steroid dienone is 4. The fraction of sp³-hybridized carbons (Fsp3) is 0.381. The zero-order valence-corrected chi connectivity index (χ0v) is 16.5. The Morgan fingerprint density at radius 3 is 2.81 bits per heavy atom. The molecule has 0 bridgehead atoms. The number of aromatic hydroxyl groups is 1. The Labute approximate surface area is 162 Å². The van der Waals surface area contributed by atoms with Gasteiger partial charge in [0.15, 0.2) is 0 Å². The maximum Gasteiger partial charge on any atom is 0.123 e. The van der Waals surface area contributed by atoms with Gasteiger partial charge in [0.2, 0.25) is 0 Å². The first kappa shape index (κ1) is 22.3. The van der Waals surface area contributed by atoms with Gasteiger partial charge in [-0.2, -0.15) is 10.7 Å². The van der Waals surface area contributed by atoms with Crippen molar-refractivity contribution in [2.75, 3.05) is 18.4 Å². The molecule has 0 amide bonds. The summed E-state index contributed by atoms with van der Waals surface area (Å²) in [5.41, 5.74) is 5.16. The lowest BCUT2D eigenvalue weighted by Gasteiger charge is -2.16. The number of phenols is 1. The van der Waals surface area contributed by atoms with Crippen LogP contribution >= 0.6 is 0 Å². The molecule has 0 radical (unpaired) electrons. The van der Waals surface area contributed by atoms with E-state index < -0.39 is 0 Å². The summed E-state index contributed by atoms with van der Waals surface area (Å²) >= 11 is 0. The standard InChI is InChI=1S/C21H32N4O2/c1-5-6-7-11-17(2)24-25-27-19(4)18(3)22-14-8-9-15-23-20-12-10-13-21(26)16-20/h5-7,10-13,16,19,22-23,25-26H,3,8-9,14-15H2,1-2,4H3/b6-5-,11-7-,24-17+. The largest absolute Gasteiger partial charge is 0.508 e. The van der Waals surface area contributed by atoms with Crippen molar-refractivity contribution in [3.8, 4) is 5.75 Å². The molecule has 0 aliphatic carbocycles. The highest BCUT2D eigenvalue weighted by molar-refractivity contribution is 5.92. The number of benzene rings is 1. The summed E-state index contributed by atoms with van der Waals surface area (Å²) in [6.07, 6.45) is 9.50. The minimum Gasteiger partial charge on any atom is -0.508 e. The Morgan fingerprint density at radius 2 is 2.07 bits per heavy atom. The Morgan fingerprint density at radius 1 is 1.30 bits per heavy atom. The van der Waals surface area contributed by atoms with Gasteiger partial charge in [-0.25, -0.2) is 4.84 Å². The third-order valence-corrected chi connectivity index (χ3v) is 3.71. The summed E-state index contributed by atoms with van der Waals surface area (Å²) < 4.78 is 0. The van der Waals surface area contributed by atoms with E-state index in [4.69, 9.17) is 4.84 Å². The van der Waals surface area contributed by atoms with Crippen molar-refractivity contribution in [1.29, 1.82) is 0 Å². The molecule has 0 aliphatic rings. The van der Waals surface area contributed by atoms with Crippen LogP contribution in [0, 0.1) is 0 Å². The van der Waals surface area contributed by atoms with E-state index in [1.165, 1.54) is 0 Å². The molecular formula is C21H32N4O2. The number of unbranched alkanes of at least 4 members (excludes halogenated alkanes) is 1. The smallest absolute Gasteiger partial charge is 0.123 e. The third kappa shape index (κ3) is 10.8. The van der Waals surface area contributed by atoms with Crippen LogP contribution in [0.3, 0.4) is 0 Å². The molecular weight excluding hydrogens is 340 g/mol. The summed E-state index contributed by atoms with van der Waals surface area (Å²) in [5.74, 6) is 0.272. The minimum atomic E-state index is -0.202. The van der Waals surface area contributed by atoms with Crippen LogP contribution in [0.4, 0.5) is 5.69 Å². The van der Waals surface area contributed by atoms with Gasteiger partial charge in [0.25, 0.3) is 0 Å². The number of rotatable bonds is 13. The Balaban J connectivity index is 2.12. The van der Waals surface area contributed by atoms with Crippen LogP contribution in [-0.4, -0.2) is 30.0 Å². The summed E-state index contributed by atoms with van der Waals surface area (Å²) in [7, 11) is 0. The van der Waals surface area contributed by atoms with Crippen molar-refractivity contribution in [3.05, 3.63) is 60.8 Å². The zero-order chi connectivity index (χ0) is 19.9. The molecule has 1 atom stereocenters. The van der Waals surface area contributed by atoms with Gasteiger partial charge in [-0.05, 0) is 51.8 Å². The first-order valence-corrected chi connectivity index (χ1v) is 9.22. The monoisotopic (exact) mass is 372 g/mol. The SMILES string of the molecule is C=C(NCCCCNc1cccc(O)c1)C(C)ON/N=C(C)/C=C\C=C/C. The maximum atomic E-state index is 9.42. The zero-order valence-electron chi connectivity index (χ0n) is 16.5.